The number of thiophene rings is 1. The number of likely N-dealkylation sites (tertiary alicyclic amines) is 1. The smallest absolute Gasteiger partial charge is 0.328 e. The molecule has 1 aliphatic heterocycles. The molecule has 1 saturated heterocycles. The molecule has 0 aromatic carbocycles. The van der Waals surface area contributed by atoms with Crippen molar-refractivity contribution in [1.82, 2.24) is 10.2 Å². The minimum Gasteiger partial charge on any atom is -0.478 e. The Hall–Kier alpha value is -1.66. The summed E-state index contributed by atoms with van der Waals surface area (Å²) in [5, 5.41) is 13.2. The fourth-order valence-electron chi connectivity index (χ4n) is 2.26. The monoisotopic (exact) mass is 294 g/mol. The number of hydrogen-bond acceptors (Lipinski definition) is 4. The van der Waals surface area contributed by atoms with Gasteiger partial charge in [0.2, 0.25) is 0 Å². The summed E-state index contributed by atoms with van der Waals surface area (Å²) in [6, 6.07) is 2.13. The van der Waals surface area contributed by atoms with E-state index in [1.165, 1.54) is 23.8 Å². The van der Waals surface area contributed by atoms with E-state index in [4.69, 9.17) is 5.11 Å². The van der Waals surface area contributed by atoms with Crippen LogP contribution in [0, 0.1) is 0 Å². The number of hydrogen-bond donors (Lipinski definition) is 2. The van der Waals surface area contributed by atoms with Crippen molar-refractivity contribution in [1.29, 1.82) is 0 Å². The zero-order valence-electron chi connectivity index (χ0n) is 11.3. The molecule has 0 radical (unpaired) electrons. The van der Waals surface area contributed by atoms with Crippen molar-refractivity contribution >= 4 is 29.3 Å². The second-order valence-electron chi connectivity index (χ2n) is 4.90. The lowest BCUT2D eigenvalue weighted by Gasteiger charge is -2.19. The Balaban J connectivity index is 1.87. The van der Waals surface area contributed by atoms with Gasteiger partial charge < -0.3 is 15.3 Å². The lowest BCUT2D eigenvalue weighted by atomic mass is 10.2. The highest BCUT2D eigenvalue weighted by Crippen LogP contribution is 2.17. The molecule has 0 saturated carbocycles. The van der Waals surface area contributed by atoms with E-state index < -0.39 is 5.97 Å². The minimum atomic E-state index is -0.992. The average molecular weight is 294 g/mol. The van der Waals surface area contributed by atoms with Crippen molar-refractivity contribution in [3.63, 3.8) is 0 Å². The molecule has 2 rings (SSSR count). The van der Waals surface area contributed by atoms with Crippen LogP contribution in [0.25, 0.3) is 6.08 Å². The molecule has 1 aliphatic rings. The number of carbonyl (C=O) groups is 2. The number of rotatable bonds is 5. The van der Waals surface area contributed by atoms with Gasteiger partial charge in [0.15, 0.2) is 0 Å². The van der Waals surface area contributed by atoms with E-state index >= 15 is 0 Å². The highest BCUT2D eigenvalue weighted by molar-refractivity contribution is 7.11. The first kappa shape index (κ1) is 14.7. The molecule has 0 spiro atoms. The van der Waals surface area contributed by atoms with Gasteiger partial charge in [0.1, 0.15) is 0 Å². The van der Waals surface area contributed by atoms with E-state index in [-0.39, 0.29) is 5.91 Å². The topological polar surface area (TPSA) is 69.6 Å². The predicted molar refractivity (Wildman–Crippen MR) is 79.0 cm³/mol. The first-order valence-electron chi connectivity index (χ1n) is 6.54. The van der Waals surface area contributed by atoms with Crippen molar-refractivity contribution in [2.45, 2.75) is 18.9 Å². The fourth-order valence-corrected chi connectivity index (χ4v) is 3.04. The highest BCUT2D eigenvalue weighted by Gasteiger charge is 2.21. The lowest BCUT2D eigenvalue weighted by Crippen LogP contribution is -2.38. The summed E-state index contributed by atoms with van der Waals surface area (Å²) < 4.78 is 0. The van der Waals surface area contributed by atoms with Crippen LogP contribution >= 0.6 is 11.3 Å². The summed E-state index contributed by atoms with van der Waals surface area (Å²) in [5.41, 5.74) is 0.584. The normalized spacial score (nSPS) is 19.6. The Morgan fingerprint density at radius 1 is 1.60 bits per heavy atom. The van der Waals surface area contributed by atoms with Gasteiger partial charge in [-0.05, 0) is 38.6 Å². The number of carboxylic acid groups (broad SMARTS) is 1. The number of nitrogens with zero attached hydrogens (tertiary/aromatic N) is 1. The van der Waals surface area contributed by atoms with E-state index in [2.05, 4.69) is 17.3 Å². The van der Waals surface area contributed by atoms with Crippen LogP contribution in [-0.2, 0) is 4.79 Å². The van der Waals surface area contributed by atoms with Crippen molar-refractivity contribution in [3.8, 4) is 0 Å². The molecule has 1 aromatic heterocycles. The molecule has 1 amide bonds. The summed E-state index contributed by atoms with van der Waals surface area (Å²) in [7, 11) is 2.07. The zero-order chi connectivity index (χ0) is 14.5. The van der Waals surface area contributed by atoms with Gasteiger partial charge in [-0.1, -0.05) is 0 Å². The maximum Gasteiger partial charge on any atom is 0.328 e. The number of likely N-dealkylation sites (N-methyl/N-ethyl adjacent to an activating group) is 1. The molecule has 6 heteroatoms. The molecule has 1 unspecified atom stereocenters. The second-order valence-corrected chi connectivity index (χ2v) is 5.84. The number of aliphatic carboxylic acids is 1. The summed E-state index contributed by atoms with van der Waals surface area (Å²) in [4.78, 5) is 25.4. The summed E-state index contributed by atoms with van der Waals surface area (Å²) in [6.07, 6.45) is 4.86. The Labute approximate surface area is 121 Å². The van der Waals surface area contributed by atoms with Gasteiger partial charge in [-0.25, -0.2) is 4.79 Å². The maximum atomic E-state index is 12.0. The third-order valence-electron chi connectivity index (χ3n) is 3.44. The van der Waals surface area contributed by atoms with Crippen molar-refractivity contribution < 1.29 is 14.7 Å². The molecule has 108 valence electrons. The van der Waals surface area contributed by atoms with Gasteiger partial charge in [0.05, 0.1) is 5.56 Å². The number of carbonyl (C=O) groups excluding carboxylic acids is 1. The largest absolute Gasteiger partial charge is 0.478 e. The van der Waals surface area contributed by atoms with E-state index in [1.54, 1.807) is 11.4 Å². The number of nitrogens with one attached hydrogen (secondary N) is 1. The minimum absolute atomic E-state index is 0.100. The molecule has 20 heavy (non-hydrogen) atoms. The van der Waals surface area contributed by atoms with Crippen LogP contribution in [0.5, 0.6) is 0 Å². The first-order valence-corrected chi connectivity index (χ1v) is 7.42. The summed E-state index contributed by atoms with van der Waals surface area (Å²) >= 11 is 1.36. The van der Waals surface area contributed by atoms with Gasteiger partial charge in [-0.15, -0.1) is 11.3 Å². The Morgan fingerprint density at radius 3 is 3.05 bits per heavy atom. The third kappa shape index (κ3) is 3.91. The SMILES string of the molecule is CN1CCCC1CNC(=O)c1csc(/C=C/C(=O)O)c1. The van der Waals surface area contributed by atoms with Crippen molar-refractivity contribution in [3.05, 3.63) is 28.0 Å². The van der Waals surface area contributed by atoms with Gasteiger partial charge in [-0.3, -0.25) is 4.79 Å². The van der Waals surface area contributed by atoms with Crippen LogP contribution in [0.1, 0.15) is 28.1 Å². The van der Waals surface area contributed by atoms with E-state index in [0.717, 1.165) is 23.9 Å². The van der Waals surface area contributed by atoms with Gasteiger partial charge >= 0.3 is 5.97 Å². The third-order valence-corrected chi connectivity index (χ3v) is 4.34. The Bertz CT molecular complexity index is 524. The average Bonchev–Trinajstić information content (AvgIpc) is 3.02. The van der Waals surface area contributed by atoms with Gasteiger partial charge in [0.25, 0.3) is 5.91 Å². The molecule has 1 fully saturated rings. The Morgan fingerprint density at radius 2 is 2.40 bits per heavy atom. The highest BCUT2D eigenvalue weighted by atomic mass is 32.1. The molecule has 2 N–H and O–H groups in total. The predicted octanol–water partition coefficient (Wildman–Crippen LogP) is 1.67. The first-order chi connectivity index (χ1) is 9.56. The Kier molecular flexibility index (Phi) is 4.92. The maximum absolute atomic E-state index is 12.0. The summed E-state index contributed by atoms with van der Waals surface area (Å²) in [6.45, 7) is 1.74. The van der Waals surface area contributed by atoms with E-state index in [0.29, 0.717) is 18.2 Å². The van der Waals surface area contributed by atoms with Crippen LogP contribution in [0.4, 0.5) is 0 Å². The van der Waals surface area contributed by atoms with E-state index in [9.17, 15) is 9.59 Å². The van der Waals surface area contributed by atoms with Crippen LogP contribution in [0.2, 0.25) is 0 Å². The lowest BCUT2D eigenvalue weighted by molar-refractivity contribution is -0.131. The van der Waals surface area contributed by atoms with E-state index in [1.807, 2.05) is 0 Å². The van der Waals surface area contributed by atoms with Crippen LogP contribution < -0.4 is 5.32 Å². The van der Waals surface area contributed by atoms with Crippen LogP contribution in [0.15, 0.2) is 17.5 Å². The van der Waals surface area contributed by atoms with Gasteiger partial charge in [-0.2, -0.15) is 0 Å². The molecule has 0 aliphatic carbocycles. The van der Waals surface area contributed by atoms with Crippen molar-refractivity contribution in [2.24, 2.45) is 0 Å². The quantitative estimate of drug-likeness (QED) is 0.811. The number of amides is 1. The fraction of sp³-hybridized carbons (Fsp3) is 0.429. The molecular weight excluding hydrogens is 276 g/mol. The molecular formula is C14H18N2O3S. The van der Waals surface area contributed by atoms with Crippen LogP contribution in [0.3, 0.4) is 0 Å². The molecule has 0 bridgehead atoms. The molecule has 1 atom stereocenters. The zero-order valence-corrected chi connectivity index (χ0v) is 12.2. The molecule has 1 aromatic rings. The van der Waals surface area contributed by atoms with Crippen LogP contribution in [-0.4, -0.2) is 48.1 Å². The molecule has 5 nitrogen and oxygen atoms in total. The van der Waals surface area contributed by atoms with Gasteiger partial charge in [0, 0.05) is 28.9 Å². The molecule has 2 heterocycles. The second kappa shape index (κ2) is 6.67. The standard InChI is InChI=1S/C14H18N2O3S/c1-16-6-2-3-11(16)8-15-14(19)10-7-12(20-9-10)4-5-13(17)18/h4-5,7,9,11H,2-3,6,8H2,1H3,(H,15,19)(H,17,18)/b5-4+. The van der Waals surface area contributed by atoms with Crippen molar-refractivity contribution in [2.75, 3.05) is 20.1 Å². The summed E-state index contributed by atoms with van der Waals surface area (Å²) in [5.74, 6) is -1.09. The number of carboxylic acids is 1.